The van der Waals surface area contributed by atoms with Crippen molar-refractivity contribution >= 4 is 5.82 Å². The zero-order valence-corrected chi connectivity index (χ0v) is 9.04. The molecular weight excluding hydrogens is 191 g/mol. The molecule has 1 fully saturated rings. The van der Waals surface area contributed by atoms with Crippen LogP contribution in [-0.2, 0) is 0 Å². The van der Waals surface area contributed by atoms with E-state index in [2.05, 4.69) is 17.2 Å². The molecule has 3 heteroatoms. The van der Waals surface area contributed by atoms with E-state index in [0.717, 1.165) is 18.2 Å². The molecule has 1 aromatic heterocycles. The van der Waals surface area contributed by atoms with Crippen LogP contribution in [0.1, 0.15) is 32.6 Å². The molecule has 1 heterocycles. The lowest BCUT2D eigenvalue weighted by molar-refractivity contribution is 0.583. The van der Waals surface area contributed by atoms with Crippen molar-refractivity contribution in [3.63, 3.8) is 0 Å². The van der Waals surface area contributed by atoms with E-state index in [1.54, 1.807) is 6.07 Å². The van der Waals surface area contributed by atoms with Crippen molar-refractivity contribution < 1.29 is 4.39 Å². The highest BCUT2D eigenvalue weighted by Crippen LogP contribution is 2.34. The second kappa shape index (κ2) is 4.60. The van der Waals surface area contributed by atoms with Crippen LogP contribution < -0.4 is 5.32 Å². The van der Waals surface area contributed by atoms with Gasteiger partial charge in [0.1, 0.15) is 11.6 Å². The summed E-state index contributed by atoms with van der Waals surface area (Å²) in [5.41, 5.74) is 0. The summed E-state index contributed by atoms with van der Waals surface area (Å²) in [5, 5.41) is 3.35. The fraction of sp³-hybridized carbons (Fsp3) is 0.583. The molecule has 82 valence electrons. The number of halogens is 1. The van der Waals surface area contributed by atoms with Gasteiger partial charge in [0.05, 0.1) is 6.20 Å². The molecule has 1 aliphatic carbocycles. The Kier molecular flexibility index (Phi) is 3.19. The fourth-order valence-electron chi connectivity index (χ4n) is 1.75. The Bertz CT molecular complexity index is 306. The first kappa shape index (κ1) is 10.4. The molecule has 1 saturated carbocycles. The molecule has 1 atom stereocenters. The minimum atomic E-state index is -0.282. The summed E-state index contributed by atoms with van der Waals surface area (Å²) >= 11 is 0. The van der Waals surface area contributed by atoms with Gasteiger partial charge in [0.15, 0.2) is 0 Å². The Hall–Kier alpha value is -1.12. The van der Waals surface area contributed by atoms with Gasteiger partial charge in [-0.3, -0.25) is 0 Å². The summed E-state index contributed by atoms with van der Waals surface area (Å²) in [6, 6.07) is 3.62. The predicted octanol–water partition coefficient (Wildman–Crippen LogP) is 3.21. The maximum absolute atomic E-state index is 12.6. The average Bonchev–Trinajstić information content (AvgIpc) is 3.04. The lowest BCUT2D eigenvalue weighted by Crippen LogP contribution is -2.19. The first-order valence-corrected chi connectivity index (χ1v) is 5.66. The van der Waals surface area contributed by atoms with Crippen molar-refractivity contribution in [3.05, 3.63) is 24.1 Å². The normalized spacial score (nSPS) is 17.5. The number of hydrogen-bond acceptors (Lipinski definition) is 2. The SMILES string of the molecule is CCC(CC1CC1)Nc1ccc(F)cn1. The molecule has 0 aromatic carbocycles. The van der Waals surface area contributed by atoms with Crippen molar-refractivity contribution in [2.75, 3.05) is 5.32 Å². The van der Waals surface area contributed by atoms with Gasteiger partial charge < -0.3 is 5.32 Å². The lowest BCUT2D eigenvalue weighted by atomic mass is 10.1. The Balaban J connectivity index is 1.89. The van der Waals surface area contributed by atoms with Gasteiger partial charge in [-0.05, 0) is 30.9 Å². The Labute approximate surface area is 89.9 Å². The van der Waals surface area contributed by atoms with E-state index in [1.807, 2.05) is 0 Å². The van der Waals surface area contributed by atoms with Gasteiger partial charge in [-0.1, -0.05) is 19.8 Å². The number of nitrogens with zero attached hydrogens (tertiary/aromatic N) is 1. The molecule has 0 spiro atoms. The van der Waals surface area contributed by atoms with Crippen LogP contribution in [-0.4, -0.2) is 11.0 Å². The molecule has 1 unspecified atom stereocenters. The molecule has 1 N–H and O–H groups in total. The zero-order valence-electron chi connectivity index (χ0n) is 9.04. The van der Waals surface area contributed by atoms with E-state index in [1.165, 1.54) is 31.5 Å². The highest BCUT2D eigenvalue weighted by molar-refractivity contribution is 5.34. The standard InChI is InChI=1S/C12H17FN2/c1-2-11(7-9-3-4-9)15-12-6-5-10(13)8-14-12/h5-6,8-9,11H,2-4,7H2,1H3,(H,14,15). The van der Waals surface area contributed by atoms with Crippen molar-refractivity contribution in [1.29, 1.82) is 0 Å². The lowest BCUT2D eigenvalue weighted by Gasteiger charge is -2.16. The van der Waals surface area contributed by atoms with Crippen LogP contribution in [0, 0.1) is 11.7 Å². The largest absolute Gasteiger partial charge is 0.367 e. The smallest absolute Gasteiger partial charge is 0.141 e. The summed E-state index contributed by atoms with van der Waals surface area (Å²) in [7, 11) is 0. The van der Waals surface area contributed by atoms with Crippen LogP contribution in [0.4, 0.5) is 10.2 Å². The first-order chi connectivity index (χ1) is 7.28. The van der Waals surface area contributed by atoms with Gasteiger partial charge in [0.25, 0.3) is 0 Å². The number of hydrogen-bond donors (Lipinski definition) is 1. The van der Waals surface area contributed by atoms with Crippen LogP contribution in [0.5, 0.6) is 0 Å². The van der Waals surface area contributed by atoms with E-state index in [4.69, 9.17) is 0 Å². The van der Waals surface area contributed by atoms with Crippen LogP contribution in [0.25, 0.3) is 0 Å². The van der Waals surface area contributed by atoms with Crippen LogP contribution in [0.3, 0.4) is 0 Å². The molecule has 15 heavy (non-hydrogen) atoms. The Morgan fingerprint density at radius 3 is 2.87 bits per heavy atom. The third-order valence-corrected chi connectivity index (χ3v) is 2.89. The first-order valence-electron chi connectivity index (χ1n) is 5.66. The molecule has 1 aromatic rings. The summed E-state index contributed by atoms with van der Waals surface area (Å²) in [5.74, 6) is 1.41. The molecular formula is C12H17FN2. The average molecular weight is 208 g/mol. The Morgan fingerprint density at radius 1 is 1.53 bits per heavy atom. The predicted molar refractivity (Wildman–Crippen MR) is 59.2 cm³/mol. The minimum Gasteiger partial charge on any atom is -0.367 e. The third kappa shape index (κ3) is 3.18. The highest BCUT2D eigenvalue weighted by atomic mass is 19.1. The highest BCUT2D eigenvalue weighted by Gasteiger charge is 2.24. The summed E-state index contributed by atoms with van der Waals surface area (Å²) in [6.07, 6.45) is 6.31. The van der Waals surface area contributed by atoms with Crippen molar-refractivity contribution in [1.82, 2.24) is 4.98 Å². The van der Waals surface area contributed by atoms with Crippen LogP contribution >= 0.6 is 0 Å². The van der Waals surface area contributed by atoms with Crippen LogP contribution in [0.2, 0.25) is 0 Å². The molecule has 0 bridgehead atoms. The second-order valence-electron chi connectivity index (χ2n) is 4.29. The molecule has 0 saturated heterocycles. The number of rotatable bonds is 5. The molecule has 0 radical (unpaired) electrons. The van der Waals surface area contributed by atoms with Crippen molar-refractivity contribution in [2.24, 2.45) is 5.92 Å². The Morgan fingerprint density at radius 2 is 2.33 bits per heavy atom. The van der Waals surface area contributed by atoms with E-state index >= 15 is 0 Å². The summed E-state index contributed by atoms with van der Waals surface area (Å²) in [6.45, 7) is 2.17. The maximum Gasteiger partial charge on any atom is 0.141 e. The van der Waals surface area contributed by atoms with Crippen molar-refractivity contribution in [3.8, 4) is 0 Å². The molecule has 0 amide bonds. The zero-order chi connectivity index (χ0) is 10.7. The summed E-state index contributed by atoms with van der Waals surface area (Å²) < 4.78 is 12.6. The van der Waals surface area contributed by atoms with E-state index in [9.17, 15) is 4.39 Å². The summed E-state index contributed by atoms with van der Waals surface area (Å²) in [4.78, 5) is 4.01. The quantitative estimate of drug-likeness (QED) is 0.803. The van der Waals surface area contributed by atoms with Gasteiger partial charge in [0, 0.05) is 6.04 Å². The van der Waals surface area contributed by atoms with Gasteiger partial charge in [0.2, 0.25) is 0 Å². The maximum atomic E-state index is 12.6. The van der Waals surface area contributed by atoms with E-state index in [0.29, 0.717) is 6.04 Å². The number of nitrogens with one attached hydrogen (secondary N) is 1. The number of aromatic nitrogens is 1. The van der Waals surface area contributed by atoms with E-state index < -0.39 is 0 Å². The molecule has 1 aliphatic rings. The van der Waals surface area contributed by atoms with E-state index in [-0.39, 0.29) is 5.82 Å². The number of pyridine rings is 1. The molecule has 2 nitrogen and oxygen atoms in total. The monoisotopic (exact) mass is 208 g/mol. The number of anilines is 1. The second-order valence-corrected chi connectivity index (χ2v) is 4.29. The topological polar surface area (TPSA) is 24.9 Å². The van der Waals surface area contributed by atoms with Gasteiger partial charge in [-0.25, -0.2) is 9.37 Å². The van der Waals surface area contributed by atoms with Crippen LogP contribution in [0.15, 0.2) is 18.3 Å². The van der Waals surface area contributed by atoms with Gasteiger partial charge in [-0.15, -0.1) is 0 Å². The molecule has 0 aliphatic heterocycles. The van der Waals surface area contributed by atoms with Gasteiger partial charge >= 0.3 is 0 Å². The molecule has 2 rings (SSSR count). The minimum absolute atomic E-state index is 0.282. The van der Waals surface area contributed by atoms with Gasteiger partial charge in [-0.2, -0.15) is 0 Å². The van der Waals surface area contributed by atoms with Crippen molar-refractivity contribution in [2.45, 2.75) is 38.6 Å². The third-order valence-electron chi connectivity index (χ3n) is 2.89. The fourth-order valence-corrected chi connectivity index (χ4v) is 1.75.